The van der Waals surface area contributed by atoms with Crippen LogP contribution in [0.5, 0.6) is 0 Å². The van der Waals surface area contributed by atoms with Crippen molar-refractivity contribution in [2.24, 2.45) is 29.6 Å². The number of ether oxygens (including phenoxy) is 23. The maximum absolute atomic E-state index is 14.2. The number of hydrogen-bond donors (Lipinski definition) is 1. The van der Waals surface area contributed by atoms with Crippen molar-refractivity contribution in [3.05, 3.63) is 73.9 Å². The highest BCUT2D eigenvalue weighted by Gasteiger charge is 2.78. The molecule has 0 saturated carbocycles. The van der Waals surface area contributed by atoms with E-state index in [1.807, 2.05) is 13.8 Å². The van der Waals surface area contributed by atoms with Gasteiger partial charge in [0.15, 0.2) is 11.6 Å². The maximum Gasteiger partial charge on any atom is 0.308 e. The van der Waals surface area contributed by atoms with E-state index in [2.05, 4.69) is 92.6 Å². The van der Waals surface area contributed by atoms with Crippen LogP contribution in [0.25, 0.3) is 0 Å². The lowest BCUT2D eigenvalue weighted by Crippen LogP contribution is -2.62. The molecular formula is C96H143ClO26. The molecule has 22 rings (SSSR count). The quantitative estimate of drug-likeness (QED) is 0.114. The number of aliphatic hydroxyl groups excluding tert-OH is 1. The Morgan fingerprint density at radius 2 is 0.846 bits per heavy atom. The first kappa shape index (κ1) is 91.7. The van der Waals surface area contributed by atoms with Gasteiger partial charge in [-0.1, -0.05) is 100 Å². The lowest BCUT2D eigenvalue weighted by atomic mass is 9.78. The standard InChI is InChI=1S/C47H68O12.C46H66O14.C2H6.CH3Cl/c1-8-10-32-26(5)20-36-39(54-32)28(7)40-37(53-36)22-35-27(6)24(3)18-29(51-35)11-13-33-25(4)19-31(50-33)15-16-46-23-47(49-17-9-2)45(59-46)44-43(58-47)42(57-46)41-34(55-44)14-12-30(52-41)21-38(48)56-40;1-7-16-50-46-22-45-14-12-29-18-24(3)30(51-29)10-8-27-17-23(2)25(4)33(52-27)20-35-39(26(5)38-36(54-35)21-34(49-6)31(55-38)13-15-47)57-37(48)19-28-9-11-32-40(53-28)41(58-45)42(59-46)43(56-32)44(46)60-45;2*1-2/h9,24,26,28-37,39-45H,2,4,6,8,10-23H2,1,3,5,7H3;7,23,26-36,38-44,47H,1,3-4,8-22H2,2,5-6H3;1-2H3;1H3/t24-,26-,28+,29+,30-,31+,32-,33?,34+,35?,36+,37+,39+,40-,41+,42+,43+,44?,45+,46-,47?;23-,26+,27+,28-,29+,30?,31-,32+,33?,34-,35+,36+,38+,39-,40+,41+,42+,43?,44+,45-,46?;;/m11../s1. The fraction of sp³-hybridized carbons (Fsp3) is 0.854. The molecule has 22 heterocycles. The molecule has 0 aromatic heterocycles. The van der Waals surface area contributed by atoms with Crippen molar-refractivity contribution < 1.29 is 124 Å². The van der Waals surface area contributed by atoms with Crippen LogP contribution >= 0.6 is 11.6 Å². The summed E-state index contributed by atoms with van der Waals surface area (Å²) in [7, 11) is 1.67. The molecule has 0 amide bonds. The highest BCUT2D eigenvalue weighted by molar-refractivity contribution is 6.15. The Balaban J connectivity index is 0.000000168. The van der Waals surface area contributed by atoms with Crippen LogP contribution in [0.1, 0.15) is 229 Å². The van der Waals surface area contributed by atoms with Crippen LogP contribution < -0.4 is 0 Å². The van der Waals surface area contributed by atoms with Crippen molar-refractivity contribution >= 4 is 23.5 Å². The van der Waals surface area contributed by atoms with Crippen molar-refractivity contribution in [3.8, 4) is 0 Å². The van der Waals surface area contributed by atoms with E-state index in [9.17, 15) is 14.7 Å². The van der Waals surface area contributed by atoms with E-state index in [0.29, 0.717) is 103 Å². The van der Waals surface area contributed by atoms with Gasteiger partial charge in [-0.2, -0.15) is 0 Å². The minimum Gasteiger partial charge on any atom is -0.459 e. The number of halogens is 1. The molecule has 24 bridgehead atoms. The van der Waals surface area contributed by atoms with Gasteiger partial charge in [-0.3, -0.25) is 9.59 Å². The first-order valence-electron chi connectivity index (χ1n) is 47.5. The second kappa shape index (κ2) is 38.2. The van der Waals surface area contributed by atoms with Crippen molar-refractivity contribution in [1.29, 1.82) is 0 Å². The Morgan fingerprint density at radius 3 is 1.29 bits per heavy atom. The van der Waals surface area contributed by atoms with E-state index in [-0.39, 0.29) is 183 Å². The van der Waals surface area contributed by atoms with Crippen molar-refractivity contribution in [1.82, 2.24) is 0 Å². The van der Waals surface area contributed by atoms with Gasteiger partial charge in [0.1, 0.15) is 73.2 Å². The summed E-state index contributed by atoms with van der Waals surface area (Å²) in [5, 5.41) is 9.86. The van der Waals surface area contributed by atoms with Gasteiger partial charge in [0, 0.05) is 64.0 Å². The summed E-state index contributed by atoms with van der Waals surface area (Å²) in [5.74, 6) is -4.08. The van der Waals surface area contributed by atoms with Crippen LogP contribution in [-0.4, -0.2) is 275 Å². The van der Waals surface area contributed by atoms with Gasteiger partial charge in [0.25, 0.3) is 0 Å². The number of esters is 2. The van der Waals surface area contributed by atoms with Crippen molar-refractivity contribution in [2.75, 3.05) is 33.3 Å². The average molecular weight is 1750 g/mol. The molecule has 27 heteroatoms. The van der Waals surface area contributed by atoms with Gasteiger partial charge in [0.05, 0.1) is 167 Å². The predicted molar refractivity (Wildman–Crippen MR) is 450 cm³/mol. The average Bonchev–Trinajstić information content (AvgIpc) is 1.53. The van der Waals surface area contributed by atoms with Gasteiger partial charge in [0.2, 0.25) is 11.6 Å². The molecule has 123 heavy (non-hydrogen) atoms. The van der Waals surface area contributed by atoms with E-state index in [4.69, 9.17) is 109 Å². The number of methoxy groups -OCH3 is 1. The van der Waals surface area contributed by atoms with Gasteiger partial charge >= 0.3 is 11.9 Å². The molecular weight excluding hydrogens is 1600 g/mol. The summed E-state index contributed by atoms with van der Waals surface area (Å²) >= 11 is 4.64. The summed E-state index contributed by atoms with van der Waals surface area (Å²) in [6.07, 6.45) is 13.3. The Labute approximate surface area is 733 Å². The number of alkyl halides is 1. The molecule has 0 aromatic rings. The normalized spacial score (nSPS) is 51.3. The van der Waals surface area contributed by atoms with Crippen molar-refractivity contribution in [2.45, 2.75) is 453 Å². The fourth-order valence-corrected chi connectivity index (χ4v) is 25.3. The molecule has 22 fully saturated rings. The zero-order valence-electron chi connectivity index (χ0n) is 74.6. The summed E-state index contributed by atoms with van der Waals surface area (Å²) in [6.45, 7) is 43.6. The molecule has 2 spiro atoms. The summed E-state index contributed by atoms with van der Waals surface area (Å²) in [4.78, 5) is 28.4. The Bertz CT molecular complexity index is 3740. The Hall–Kier alpha value is -3.21. The van der Waals surface area contributed by atoms with Gasteiger partial charge in [-0.25, -0.2) is 0 Å². The first-order chi connectivity index (χ1) is 59.4. The lowest BCUT2D eigenvalue weighted by Gasteiger charge is -2.51. The number of fused-ring (bicyclic) bond motifs is 14. The van der Waals surface area contributed by atoms with Crippen LogP contribution in [0.4, 0.5) is 0 Å². The van der Waals surface area contributed by atoms with Gasteiger partial charge < -0.3 is 114 Å². The highest BCUT2D eigenvalue weighted by Crippen LogP contribution is 2.62. The number of rotatable bonds is 11. The minimum absolute atomic E-state index is 0.00385. The third-order valence-corrected chi connectivity index (χ3v) is 31.4. The van der Waals surface area contributed by atoms with E-state index < -0.39 is 96.4 Å². The van der Waals surface area contributed by atoms with E-state index >= 15 is 0 Å². The molecule has 26 nitrogen and oxygen atoms in total. The predicted octanol–water partition coefficient (Wildman–Crippen LogP) is 13.5. The third-order valence-electron chi connectivity index (χ3n) is 31.4. The topological polar surface area (TPSA) is 267 Å². The molecule has 22 saturated heterocycles. The molecule has 42 atom stereocenters. The van der Waals surface area contributed by atoms with Crippen molar-refractivity contribution in [3.63, 3.8) is 0 Å². The van der Waals surface area contributed by atoms with Crippen LogP contribution in [0.2, 0.25) is 0 Å². The van der Waals surface area contributed by atoms with Crippen LogP contribution in [-0.2, 0) is 119 Å². The number of aliphatic hydroxyl groups is 1. The summed E-state index contributed by atoms with van der Waals surface area (Å²) in [6, 6.07) is 0. The lowest BCUT2D eigenvalue weighted by molar-refractivity contribution is -0.305. The molecule has 22 aliphatic heterocycles. The Kier molecular flexibility index (Phi) is 28.5. The molecule has 0 aliphatic carbocycles. The van der Waals surface area contributed by atoms with Crippen LogP contribution in [0.15, 0.2) is 73.9 Å². The number of carbonyl (C=O) groups excluding carboxylic acids is 2. The molecule has 690 valence electrons. The van der Waals surface area contributed by atoms with E-state index in [1.54, 1.807) is 19.3 Å². The highest BCUT2D eigenvalue weighted by atomic mass is 35.5. The monoisotopic (exact) mass is 1750 g/mol. The fourth-order valence-electron chi connectivity index (χ4n) is 25.3. The molecule has 8 unspecified atom stereocenters. The van der Waals surface area contributed by atoms with Crippen LogP contribution in [0, 0.1) is 29.6 Å². The van der Waals surface area contributed by atoms with Gasteiger partial charge in [-0.05, 0) is 149 Å². The van der Waals surface area contributed by atoms with Gasteiger partial charge in [-0.15, -0.1) is 24.8 Å². The molecule has 22 aliphatic rings. The van der Waals surface area contributed by atoms with Crippen LogP contribution in [0.3, 0.4) is 0 Å². The zero-order chi connectivity index (χ0) is 86.3. The summed E-state index contributed by atoms with van der Waals surface area (Å²) < 4.78 is 156. The zero-order valence-corrected chi connectivity index (χ0v) is 75.3. The minimum atomic E-state index is -1.04. The molecule has 0 radical (unpaired) electrons. The maximum atomic E-state index is 14.2. The Morgan fingerprint density at radius 1 is 0.423 bits per heavy atom. The molecule has 0 aromatic carbocycles. The first-order valence-corrected chi connectivity index (χ1v) is 48.2. The van der Waals surface area contributed by atoms with E-state index in [0.717, 1.165) is 99.3 Å². The smallest absolute Gasteiger partial charge is 0.308 e. The SMILES string of the molecule is C=CCOC12C[C@]34CC[C@H]5CC(=C)C(CC[C@H]6C[C@@H](C)C(=C)C(C[C@@H]7O[C@H]8C[C@@H](C)[C@@H](CCC)O[C@H]8[C@H](C)[C@H]7OC(=O)C[C@H]7CC[C@@H]8OC([C@@H](O1)[C@@H](O3)[C@H]8O7)[C@@H]2O4)O6)O5.C=CCOC12C[C@]34CC[C@H]5CC(=C)C(CC[C@H]6C[C@@H](C)C(=C)C(C[C@@H]7O[C@H]8C[C@@H](OC)[C@@H](CCO)O[C@H]8[C@H](C)[C@H]7OC(=O)C[C@H]7CC[C@@H]8OC([C@@H](O1)[C@@H](O3)[C@H]8O7)[C@@H]2O4)O6)O5.CC.CCl. The number of hydrogen-bond acceptors (Lipinski definition) is 26. The summed E-state index contributed by atoms with van der Waals surface area (Å²) in [5.41, 5.74) is 4.34. The number of carbonyl (C=O) groups is 2. The second-order valence-electron chi connectivity index (χ2n) is 39.4. The molecule has 1 N–H and O–H groups in total. The largest absolute Gasteiger partial charge is 0.459 e. The van der Waals surface area contributed by atoms with E-state index in [1.165, 1.54) is 6.38 Å². The second-order valence-corrected chi connectivity index (χ2v) is 39.4. The third kappa shape index (κ3) is 17.9.